The minimum atomic E-state index is -1.22. The summed E-state index contributed by atoms with van der Waals surface area (Å²) in [6.45, 7) is 7.46. The van der Waals surface area contributed by atoms with Gasteiger partial charge in [-0.1, -0.05) is 44.0 Å². The molecule has 4 bridgehead atoms. The van der Waals surface area contributed by atoms with Gasteiger partial charge in [0.1, 0.15) is 11.7 Å². The van der Waals surface area contributed by atoms with E-state index in [-0.39, 0.29) is 29.8 Å². The zero-order valence-electron chi connectivity index (χ0n) is 18.0. The van der Waals surface area contributed by atoms with Gasteiger partial charge in [-0.05, 0) is 48.9 Å². The van der Waals surface area contributed by atoms with E-state index in [9.17, 15) is 14.7 Å². The van der Waals surface area contributed by atoms with Gasteiger partial charge in [0.05, 0.1) is 30.3 Å². The number of rotatable bonds is 4. The fourth-order valence-electron chi connectivity index (χ4n) is 9.16. The molecule has 6 nitrogen and oxygen atoms in total. The molecule has 0 amide bonds. The van der Waals surface area contributed by atoms with E-state index in [0.29, 0.717) is 31.5 Å². The number of hydrogen-bond acceptors (Lipinski definition) is 5. The van der Waals surface area contributed by atoms with E-state index in [0.717, 1.165) is 36.8 Å². The van der Waals surface area contributed by atoms with Gasteiger partial charge >= 0.3 is 5.97 Å². The first-order valence-electron chi connectivity index (χ1n) is 11.6. The molecular formula is C24H31NO5. The number of fused-ring (bicyclic) bond motifs is 3. The maximum Gasteiger partial charge on any atom is 0.315 e. The van der Waals surface area contributed by atoms with Crippen LogP contribution >= 0.6 is 0 Å². The van der Waals surface area contributed by atoms with Crippen molar-refractivity contribution in [3.8, 4) is 0 Å². The molecule has 2 aliphatic heterocycles. The Morgan fingerprint density at radius 2 is 2.10 bits per heavy atom. The van der Waals surface area contributed by atoms with Gasteiger partial charge in [0.2, 0.25) is 0 Å². The molecule has 6 aliphatic rings. The summed E-state index contributed by atoms with van der Waals surface area (Å²) in [5.74, 6) is 0.254. The number of aldehydes is 1. The first-order chi connectivity index (χ1) is 14.3. The molecule has 0 aromatic carbocycles. The molecule has 0 radical (unpaired) electrons. The summed E-state index contributed by atoms with van der Waals surface area (Å²) in [7, 11) is 0. The van der Waals surface area contributed by atoms with E-state index in [4.69, 9.17) is 9.57 Å². The van der Waals surface area contributed by atoms with Crippen molar-refractivity contribution in [3.05, 3.63) is 11.6 Å². The summed E-state index contributed by atoms with van der Waals surface area (Å²) in [5.41, 5.74) is -0.921. The number of allylic oxidation sites excluding steroid dienone is 1. The molecule has 4 fully saturated rings. The predicted molar refractivity (Wildman–Crippen MR) is 109 cm³/mol. The Bertz CT molecular complexity index is 894. The molecule has 6 heteroatoms. The van der Waals surface area contributed by atoms with Crippen LogP contribution in [0, 0.1) is 51.8 Å². The molecule has 162 valence electrons. The van der Waals surface area contributed by atoms with Gasteiger partial charge < -0.3 is 19.5 Å². The molecular weight excluding hydrogens is 382 g/mol. The number of hydrogen-bond donors (Lipinski definition) is 1. The molecule has 0 aromatic heterocycles. The van der Waals surface area contributed by atoms with E-state index in [1.54, 1.807) is 0 Å². The summed E-state index contributed by atoms with van der Waals surface area (Å²) in [6, 6.07) is 0. The summed E-state index contributed by atoms with van der Waals surface area (Å²) in [6.07, 6.45) is 6.61. The molecule has 3 saturated carbocycles. The van der Waals surface area contributed by atoms with Gasteiger partial charge in [0.25, 0.3) is 0 Å². The SMILES string of the molecule is CC(C)C1=C[C@@H]2C[C@]3(C=O)[C@@H]4CC[C@@H](C)[C@H]4C[C@@]2(C2=NOC4COCC24)[C@]13C(=O)O. The average Bonchev–Trinajstić information content (AvgIpc) is 3.47. The summed E-state index contributed by atoms with van der Waals surface area (Å²) >= 11 is 0. The van der Waals surface area contributed by atoms with Crippen LogP contribution in [0.5, 0.6) is 0 Å². The number of oxime groups is 1. The predicted octanol–water partition coefficient (Wildman–Crippen LogP) is 3.31. The second-order valence-corrected chi connectivity index (χ2v) is 11.1. The molecule has 1 N–H and O–H groups in total. The third-order valence-corrected chi connectivity index (χ3v) is 10.0. The highest BCUT2D eigenvalue weighted by atomic mass is 16.7. The van der Waals surface area contributed by atoms with E-state index in [1.165, 1.54) is 0 Å². The van der Waals surface area contributed by atoms with Gasteiger partial charge in [-0.2, -0.15) is 0 Å². The van der Waals surface area contributed by atoms with Gasteiger partial charge in [0.15, 0.2) is 6.10 Å². The summed E-state index contributed by atoms with van der Waals surface area (Å²) in [4.78, 5) is 32.3. The molecule has 6 rings (SSSR count). The third kappa shape index (κ3) is 1.71. The number of ether oxygens (including phenoxy) is 1. The number of carbonyl (C=O) groups excluding carboxylic acids is 1. The van der Waals surface area contributed by atoms with Crippen LogP contribution in [0.1, 0.15) is 46.5 Å². The molecule has 30 heavy (non-hydrogen) atoms. The lowest BCUT2D eigenvalue weighted by molar-refractivity contribution is -0.173. The van der Waals surface area contributed by atoms with Crippen molar-refractivity contribution in [2.75, 3.05) is 13.2 Å². The number of carboxylic acids is 1. The van der Waals surface area contributed by atoms with Gasteiger partial charge in [-0.25, -0.2) is 0 Å². The maximum absolute atomic E-state index is 13.5. The van der Waals surface area contributed by atoms with E-state index < -0.39 is 22.2 Å². The Morgan fingerprint density at radius 1 is 1.30 bits per heavy atom. The first-order valence-corrected chi connectivity index (χ1v) is 11.6. The smallest absolute Gasteiger partial charge is 0.315 e. The second-order valence-electron chi connectivity index (χ2n) is 11.1. The zero-order valence-corrected chi connectivity index (χ0v) is 18.0. The van der Waals surface area contributed by atoms with Crippen LogP contribution in [0.25, 0.3) is 0 Å². The maximum atomic E-state index is 13.5. The number of carbonyl (C=O) groups is 2. The minimum absolute atomic E-state index is 0.00171. The summed E-state index contributed by atoms with van der Waals surface area (Å²) < 4.78 is 5.71. The van der Waals surface area contributed by atoms with Crippen molar-refractivity contribution in [1.82, 2.24) is 0 Å². The lowest BCUT2D eigenvalue weighted by Gasteiger charge is -2.58. The summed E-state index contributed by atoms with van der Waals surface area (Å²) in [5, 5.41) is 15.6. The van der Waals surface area contributed by atoms with Gasteiger partial charge in [-0.15, -0.1) is 0 Å². The lowest BCUT2D eigenvalue weighted by atomic mass is 9.41. The average molecular weight is 414 g/mol. The minimum Gasteiger partial charge on any atom is -0.481 e. The van der Waals surface area contributed by atoms with Crippen LogP contribution in [0.3, 0.4) is 0 Å². The van der Waals surface area contributed by atoms with Crippen LogP contribution in [0.15, 0.2) is 16.8 Å². The van der Waals surface area contributed by atoms with Crippen LogP contribution in [-0.2, 0) is 19.2 Å². The molecule has 2 heterocycles. The number of aliphatic carboxylic acids is 1. The van der Waals surface area contributed by atoms with Crippen molar-refractivity contribution < 1.29 is 24.3 Å². The second kappa shape index (κ2) is 5.76. The normalized spacial score (nSPS) is 52.7. The fourth-order valence-corrected chi connectivity index (χ4v) is 9.16. The van der Waals surface area contributed by atoms with E-state index in [2.05, 4.69) is 32.0 Å². The van der Waals surface area contributed by atoms with E-state index >= 15 is 0 Å². The standard InChI is InChI=1S/C24H31NO5/c1-12(2)18-6-14-7-22(11-26)17-5-4-13(3)15(17)8-23(14,24(18,22)21(27)28)20-16-9-29-10-19(16)30-25-20/h6,11-17,19H,4-5,7-10H2,1-3H3,(H,27,28)/t13-,14-,15-,16?,17-,19?,22+,23-,24+/m1/s1. The third-order valence-electron chi connectivity index (χ3n) is 10.0. The number of nitrogens with zero attached hydrogens (tertiary/aromatic N) is 1. The van der Waals surface area contributed by atoms with Crippen LogP contribution in [0.4, 0.5) is 0 Å². The monoisotopic (exact) mass is 413 g/mol. The zero-order chi connectivity index (χ0) is 21.1. The Kier molecular flexibility index (Phi) is 3.65. The Balaban J connectivity index is 1.65. The van der Waals surface area contributed by atoms with Crippen LogP contribution < -0.4 is 0 Å². The van der Waals surface area contributed by atoms with Crippen molar-refractivity contribution in [2.45, 2.75) is 52.6 Å². The largest absolute Gasteiger partial charge is 0.481 e. The van der Waals surface area contributed by atoms with Gasteiger partial charge in [0, 0.05) is 5.41 Å². The Hall–Kier alpha value is -1.69. The quantitative estimate of drug-likeness (QED) is 0.565. The molecule has 2 unspecified atom stereocenters. The fraction of sp³-hybridized carbons (Fsp3) is 0.792. The molecule has 9 atom stereocenters. The topological polar surface area (TPSA) is 85.2 Å². The molecule has 0 spiro atoms. The Morgan fingerprint density at radius 3 is 2.80 bits per heavy atom. The first kappa shape index (κ1) is 19.0. The van der Waals surface area contributed by atoms with Crippen molar-refractivity contribution in [1.29, 1.82) is 0 Å². The lowest BCUT2D eigenvalue weighted by Crippen LogP contribution is -2.65. The van der Waals surface area contributed by atoms with Crippen LogP contribution in [-0.4, -0.2) is 42.4 Å². The molecule has 0 aromatic rings. The highest BCUT2D eigenvalue weighted by Crippen LogP contribution is 2.83. The Labute approximate surface area is 177 Å². The van der Waals surface area contributed by atoms with Crippen molar-refractivity contribution >= 4 is 18.0 Å². The molecule has 4 aliphatic carbocycles. The molecule has 1 saturated heterocycles. The van der Waals surface area contributed by atoms with Gasteiger partial charge in [-0.3, -0.25) is 4.79 Å². The van der Waals surface area contributed by atoms with Crippen LogP contribution in [0.2, 0.25) is 0 Å². The van der Waals surface area contributed by atoms with Crippen molar-refractivity contribution in [3.63, 3.8) is 0 Å². The number of carboxylic acid groups (broad SMARTS) is 1. The highest BCUT2D eigenvalue weighted by Gasteiger charge is 2.86. The van der Waals surface area contributed by atoms with Crippen molar-refractivity contribution in [2.24, 2.45) is 56.9 Å². The highest BCUT2D eigenvalue weighted by molar-refractivity contribution is 6.05. The van der Waals surface area contributed by atoms with E-state index in [1.807, 2.05) is 0 Å².